The molecule has 0 amide bonds. The van der Waals surface area contributed by atoms with Crippen LogP contribution in [-0.2, 0) is 4.43 Å². The van der Waals surface area contributed by atoms with Crippen LogP contribution < -0.4 is 10.6 Å². The quantitative estimate of drug-likeness (QED) is 0.314. The Morgan fingerprint density at radius 3 is 2.53 bits per heavy atom. The number of guanidine groups is 1. The molecule has 0 heterocycles. The fourth-order valence-electron chi connectivity index (χ4n) is 1.46. The van der Waals surface area contributed by atoms with Crippen molar-refractivity contribution in [2.24, 2.45) is 4.99 Å². The van der Waals surface area contributed by atoms with Gasteiger partial charge in [0.15, 0.2) is 14.3 Å². The first-order chi connectivity index (χ1) is 7.05. The predicted molar refractivity (Wildman–Crippen MR) is 69.0 cm³/mol. The number of rotatable bonds is 6. The highest BCUT2D eigenvalue weighted by Crippen LogP contribution is 2.12. The van der Waals surface area contributed by atoms with Gasteiger partial charge in [-0.15, -0.1) is 0 Å². The molecule has 0 fully saturated rings. The Bertz CT molecular complexity index is 195. The lowest BCUT2D eigenvalue weighted by molar-refractivity contribution is 0.328. The van der Waals surface area contributed by atoms with Crippen molar-refractivity contribution >= 4 is 14.3 Å². The molecule has 90 valence electrons. The van der Waals surface area contributed by atoms with Crippen LogP contribution in [0.4, 0.5) is 0 Å². The van der Waals surface area contributed by atoms with Crippen LogP contribution in [-0.4, -0.2) is 41.5 Å². The minimum Gasteiger partial charge on any atom is -0.418 e. The molecule has 0 aliphatic carbocycles. The van der Waals surface area contributed by atoms with Crippen molar-refractivity contribution in [2.75, 3.05) is 27.2 Å². The molecule has 15 heavy (non-hydrogen) atoms. The topological polar surface area (TPSA) is 45.6 Å². The van der Waals surface area contributed by atoms with Crippen molar-refractivity contribution in [1.29, 1.82) is 0 Å². The van der Waals surface area contributed by atoms with Crippen molar-refractivity contribution in [3.63, 3.8) is 0 Å². The van der Waals surface area contributed by atoms with Gasteiger partial charge >= 0.3 is 0 Å². The second-order valence-electron chi connectivity index (χ2n) is 4.05. The van der Waals surface area contributed by atoms with Gasteiger partial charge in [-0.05, 0) is 32.5 Å². The fourth-order valence-corrected chi connectivity index (χ4v) is 3.42. The van der Waals surface area contributed by atoms with Crippen LogP contribution in [0, 0.1) is 0 Å². The molecule has 0 bridgehead atoms. The van der Waals surface area contributed by atoms with Crippen molar-refractivity contribution < 1.29 is 4.43 Å². The van der Waals surface area contributed by atoms with Crippen LogP contribution >= 0.6 is 0 Å². The van der Waals surface area contributed by atoms with Crippen LogP contribution in [0.1, 0.15) is 13.3 Å². The zero-order valence-electron chi connectivity index (χ0n) is 10.7. The summed E-state index contributed by atoms with van der Waals surface area (Å²) in [6.45, 7) is 8.39. The first-order valence-corrected chi connectivity index (χ1v) is 8.69. The third-order valence-electron chi connectivity index (χ3n) is 2.24. The first-order valence-electron chi connectivity index (χ1n) is 5.58. The minimum absolute atomic E-state index is 0.838. The summed E-state index contributed by atoms with van der Waals surface area (Å²) in [7, 11) is 2.25. The number of hydrogen-bond acceptors (Lipinski definition) is 2. The molecule has 0 aliphatic rings. The summed E-state index contributed by atoms with van der Waals surface area (Å²) >= 11 is 0. The highest BCUT2D eigenvalue weighted by atomic mass is 28.4. The third-order valence-corrected chi connectivity index (χ3v) is 4.87. The van der Waals surface area contributed by atoms with Gasteiger partial charge < -0.3 is 15.1 Å². The van der Waals surface area contributed by atoms with Gasteiger partial charge in [0.2, 0.25) is 0 Å². The van der Waals surface area contributed by atoms with Gasteiger partial charge in [-0.3, -0.25) is 4.99 Å². The second kappa shape index (κ2) is 7.70. The molecule has 4 nitrogen and oxygen atoms in total. The average Bonchev–Trinajstić information content (AvgIpc) is 2.18. The minimum atomic E-state index is -1.40. The molecular weight excluding hydrogens is 206 g/mol. The van der Waals surface area contributed by atoms with Crippen LogP contribution in [0.5, 0.6) is 0 Å². The van der Waals surface area contributed by atoms with E-state index in [0.29, 0.717) is 0 Å². The van der Waals surface area contributed by atoms with Crippen molar-refractivity contribution in [3.05, 3.63) is 0 Å². The molecule has 5 heteroatoms. The summed E-state index contributed by atoms with van der Waals surface area (Å²) in [5.41, 5.74) is 0. The molecule has 2 N–H and O–H groups in total. The van der Waals surface area contributed by atoms with Crippen molar-refractivity contribution in [3.8, 4) is 0 Å². The molecule has 0 aromatic rings. The van der Waals surface area contributed by atoms with Crippen molar-refractivity contribution in [1.82, 2.24) is 10.6 Å². The van der Waals surface area contributed by atoms with Crippen LogP contribution in [0.15, 0.2) is 4.99 Å². The maximum absolute atomic E-state index is 5.75. The summed E-state index contributed by atoms with van der Waals surface area (Å²) in [5.74, 6) is 0.853. The maximum Gasteiger partial charge on any atom is 0.190 e. The van der Waals surface area contributed by atoms with E-state index in [-0.39, 0.29) is 0 Å². The largest absolute Gasteiger partial charge is 0.418 e. The van der Waals surface area contributed by atoms with Gasteiger partial charge in [-0.1, -0.05) is 0 Å². The van der Waals surface area contributed by atoms with E-state index >= 15 is 0 Å². The van der Waals surface area contributed by atoms with E-state index < -0.39 is 8.32 Å². The van der Waals surface area contributed by atoms with Crippen LogP contribution in [0.3, 0.4) is 0 Å². The third kappa shape index (κ3) is 7.38. The SMILES string of the molecule is CCO[Si](C)(C)CCCNC(=NC)NC. The molecule has 0 atom stereocenters. The van der Waals surface area contributed by atoms with Gasteiger partial charge in [-0.25, -0.2) is 0 Å². The molecule has 0 spiro atoms. The van der Waals surface area contributed by atoms with E-state index in [1.807, 2.05) is 7.05 Å². The number of nitrogens with one attached hydrogen (secondary N) is 2. The lowest BCUT2D eigenvalue weighted by atomic mass is 10.5. The van der Waals surface area contributed by atoms with Crippen LogP contribution in [0.2, 0.25) is 19.1 Å². The summed E-state index contributed by atoms with van der Waals surface area (Å²) in [4.78, 5) is 4.05. The van der Waals surface area contributed by atoms with Crippen LogP contribution in [0.25, 0.3) is 0 Å². The lowest BCUT2D eigenvalue weighted by Crippen LogP contribution is -2.36. The maximum atomic E-state index is 5.75. The first kappa shape index (κ1) is 14.4. The molecule has 0 aromatic carbocycles. The molecule has 0 aliphatic heterocycles. The Hall–Kier alpha value is -0.553. The average molecular weight is 231 g/mol. The van der Waals surface area contributed by atoms with Gasteiger partial charge in [0, 0.05) is 27.2 Å². The Kier molecular flexibility index (Phi) is 7.42. The lowest BCUT2D eigenvalue weighted by Gasteiger charge is -2.21. The summed E-state index contributed by atoms with van der Waals surface area (Å²) in [5, 5.41) is 6.23. The van der Waals surface area contributed by atoms with E-state index in [1.165, 1.54) is 6.04 Å². The summed E-state index contributed by atoms with van der Waals surface area (Å²) in [6, 6.07) is 1.19. The fraction of sp³-hybridized carbons (Fsp3) is 0.900. The summed E-state index contributed by atoms with van der Waals surface area (Å²) < 4.78 is 5.75. The van der Waals surface area contributed by atoms with E-state index in [2.05, 4.69) is 35.6 Å². The molecule has 0 aromatic heterocycles. The highest BCUT2D eigenvalue weighted by molar-refractivity contribution is 6.71. The Labute approximate surface area is 94.6 Å². The number of hydrogen-bond donors (Lipinski definition) is 2. The number of nitrogens with zero attached hydrogens (tertiary/aromatic N) is 1. The predicted octanol–water partition coefficient (Wildman–Crippen LogP) is 1.41. The molecule has 0 saturated heterocycles. The normalized spacial score (nSPS) is 12.7. The van der Waals surface area contributed by atoms with E-state index in [4.69, 9.17) is 4.43 Å². The van der Waals surface area contributed by atoms with E-state index in [1.54, 1.807) is 7.05 Å². The Morgan fingerprint density at radius 2 is 2.07 bits per heavy atom. The molecule has 0 rings (SSSR count). The Balaban J connectivity index is 3.62. The van der Waals surface area contributed by atoms with Gasteiger partial charge in [0.05, 0.1) is 0 Å². The van der Waals surface area contributed by atoms with Gasteiger partial charge in [0.25, 0.3) is 0 Å². The molecule has 0 radical (unpaired) electrons. The number of aliphatic imine (C=N–C) groups is 1. The van der Waals surface area contributed by atoms with E-state index in [0.717, 1.165) is 25.5 Å². The standard InChI is InChI=1S/C10H25N3OSi/c1-6-14-15(4,5)9-7-8-13-10(11-2)12-3/h6-9H2,1-5H3,(H2,11,12,13). The molecular formula is C10H25N3OSi. The highest BCUT2D eigenvalue weighted by Gasteiger charge is 2.20. The van der Waals surface area contributed by atoms with E-state index in [9.17, 15) is 0 Å². The van der Waals surface area contributed by atoms with Gasteiger partial charge in [0.1, 0.15) is 0 Å². The molecule has 0 unspecified atom stereocenters. The zero-order chi connectivity index (χ0) is 11.7. The zero-order valence-corrected chi connectivity index (χ0v) is 11.7. The second-order valence-corrected chi connectivity index (χ2v) is 8.35. The monoisotopic (exact) mass is 231 g/mol. The van der Waals surface area contributed by atoms with Gasteiger partial charge in [-0.2, -0.15) is 0 Å². The Morgan fingerprint density at radius 1 is 1.40 bits per heavy atom. The smallest absolute Gasteiger partial charge is 0.190 e. The molecule has 0 saturated carbocycles. The van der Waals surface area contributed by atoms with Crippen molar-refractivity contribution in [2.45, 2.75) is 32.5 Å². The summed E-state index contributed by atoms with van der Waals surface area (Å²) in [6.07, 6.45) is 1.14.